The molecule has 7 heteroatoms. The Morgan fingerprint density at radius 3 is 2.45 bits per heavy atom. The van der Waals surface area contributed by atoms with Crippen LogP contribution in [-0.4, -0.2) is 18.6 Å². The summed E-state index contributed by atoms with van der Waals surface area (Å²) in [5, 5.41) is 2.45. The SMILES string of the molecule is CCC(C)(OC)C(=O)Nc1cc(C(F)(F)F)ccc1Br. The summed E-state index contributed by atoms with van der Waals surface area (Å²) in [5.74, 6) is -0.498. The number of benzene rings is 1. The van der Waals surface area contributed by atoms with Gasteiger partial charge in [0.05, 0.1) is 11.3 Å². The summed E-state index contributed by atoms with van der Waals surface area (Å²) in [6.45, 7) is 3.33. The third-order valence-corrected chi connectivity index (χ3v) is 3.84. The summed E-state index contributed by atoms with van der Waals surface area (Å²) in [6, 6.07) is 3.07. The van der Waals surface area contributed by atoms with Crippen molar-refractivity contribution in [3.05, 3.63) is 28.2 Å². The number of carbonyl (C=O) groups is 1. The molecule has 1 amide bonds. The first-order valence-electron chi connectivity index (χ1n) is 5.87. The van der Waals surface area contributed by atoms with Crippen LogP contribution in [0.4, 0.5) is 18.9 Å². The Labute approximate surface area is 123 Å². The Bertz CT molecular complexity index is 499. The van der Waals surface area contributed by atoms with E-state index in [9.17, 15) is 18.0 Å². The molecule has 0 aromatic heterocycles. The third kappa shape index (κ3) is 3.73. The van der Waals surface area contributed by atoms with Gasteiger partial charge in [-0.05, 0) is 47.5 Å². The van der Waals surface area contributed by atoms with Crippen LogP contribution >= 0.6 is 15.9 Å². The van der Waals surface area contributed by atoms with Crippen molar-refractivity contribution in [3.63, 3.8) is 0 Å². The van der Waals surface area contributed by atoms with Gasteiger partial charge < -0.3 is 10.1 Å². The Kier molecular flexibility index (Phi) is 5.21. The molecule has 3 nitrogen and oxygen atoms in total. The molecule has 1 rings (SSSR count). The fourth-order valence-electron chi connectivity index (χ4n) is 1.45. The van der Waals surface area contributed by atoms with Gasteiger partial charge in [0.2, 0.25) is 0 Å². The van der Waals surface area contributed by atoms with E-state index in [2.05, 4.69) is 21.2 Å². The maximum Gasteiger partial charge on any atom is 0.416 e. The Hall–Kier alpha value is -1.08. The molecule has 0 heterocycles. The Morgan fingerprint density at radius 1 is 1.40 bits per heavy atom. The molecular weight excluding hydrogens is 339 g/mol. The van der Waals surface area contributed by atoms with Gasteiger partial charge in [-0.3, -0.25) is 4.79 Å². The summed E-state index contributed by atoms with van der Waals surface area (Å²) in [6.07, 6.45) is -4.07. The van der Waals surface area contributed by atoms with Gasteiger partial charge in [-0.1, -0.05) is 6.92 Å². The second-order valence-electron chi connectivity index (χ2n) is 4.44. The van der Waals surface area contributed by atoms with E-state index in [4.69, 9.17) is 4.74 Å². The lowest BCUT2D eigenvalue weighted by molar-refractivity contribution is -0.138. The Balaban J connectivity index is 3.06. The van der Waals surface area contributed by atoms with Crippen LogP contribution in [0, 0.1) is 0 Å². The highest BCUT2D eigenvalue weighted by molar-refractivity contribution is 9.10. The van der Waals surface area contributed by atoms with E-state index >= 15 is 0 Å². The summed E-state index contributed by atoms with van der Waals surface area (Å²) >= 11 is 3.11. The molecular formula is C13H15BrF3NO2. The van der Waals surface area contributed by atoms with E-state index in [0.29, 0.717) is 10.9 Å². The second-order valence-corrected chi connectivity index (χ2v) is 5.29. The number of anilines is 1. The highest BCUT2D eigenvalue weighted by Gasteiger charge is 2.33. The first kappa shape index (κ1) is 17.0. The zero-order valence-electron chi connectivity index (χ0n) is 11.3. The minimum atomic E-state index is -4.46. The number of alkyl halides is 3. The zero-order chi connectivity index (χ0) is 15.6. The number of nitrogens with one attached hydrogen (secondary N) is 1. The van der Waals surface area contributed by atoms with Gasteiger partial charge in [0.25, 0.3) is 5.91 Å². The Morgan fingerprint density at radius 2 is 2.00 bits per heavy atom. The number of halogens is 4. The molecule has 0 aliphatic rings. The van der Waals surface area contributed by atoms with E-state index in [0.717, 1.165) is 12.1 Å². The van der Waals surface area contributed by atoms with E-state index in [1.54, 1.807) is 13.8 Å². The first-order valence-corrected chi connectivity index (χ1v) is 6.66. The van der Waals surface area contributed by atoms with Crippen LogP contribution < -0.4 is 5.32 Å². The van der Waals surface area contributed by atoms with Gasteiger partial charge in [-0.25, -0.2) is 0 Å². The highest BCUT2D eigenvalue weighted by Crippen LogP contribution is 2.34. The molecule has 1 aromatic rings. The monoisotopic (exact) mass is 353 g/mol. The van der Waals surface area contributed by atoms with Crippen molar-refractivity contribution in [1.82, 2.24) is 0 Å². The minimum absolute atomic E-state index is 0.0570. The first-order chi connectivity index (χ1) is 9.14. The van der Waals surface area contributed by atoms with Gasteiger partial charge >= 0.3 is 6.18 Å². The average molecular weight is 354 g/mol. The van der Waals surface area contributed by atoms with E-state index in [1.807, 2.05) is 0 Å². The number of ether oxygens (including phenoxy) is 1. The van der Waals surface area contributed by atoms with Crippen molar-refractivity contribution in [2.75, 3.05) is 12.4 Å². The van der Waals surface area contributed by atoms with Crippen LogP contribution in [0.5, 0.6) is 0 Å². The number of hydrogen-bond acceptors (Lipinski definition) is 2. The van der Waals surface area contributed by atoms with Crippen LogP contribution in [-0.2, 0) is 15.7 Å². The number of methoxy groups -OCH3 is 1. The van der Waals surface area contributed by atoms with Gasteiger partial charge in [0.15, 0.2) is 0 Å². The largest absolute Gasteiger partial charge is 0.416 e. The fraction of sp³-hybridized carbons (Fsp3) is 0.462. The van der Waals surface area contributed by atoms with Crippen molar-refractivity contribution >= 4 is 27.5 Å². The standard InChI is InChI=1S/C13H15BrF3NO2/c1-4-12(2,20-3)11(19)18-10-7-8(13(15,16)17)5-6-9(10)14/h5-7H,4H2,1-3H3,(H,18,19). The molecule has 1 N–H and O–H groups in total. The lowest BCUT2D eigenvalue weighted by atomic mass is 10.0. The molecule has 1 unspecified atom stereocenters. The molecule has 0 saturated carbocycles. The van der Waals surface area contributed by atoms with Crippen molar-refractivity contribution < 1.29 is 22.7 Å². The van der Waals surface area contributed by atoms with Gasteiger partial charge in [0, 0.05) is 11.6 Å². The smallest absolute Gasteiger partial charge is 0.369 e. The van der Waals surface area contributed by atoms with Crippen LogP contribution in [0.2, 0.25) is 0 Å². The summed E-state index contributed by atoms with van der Waals surface area (Å²) in [4.78, 5) is 12.1. The van der Waals surface area contributed by atoms with Crippen molar-refractivity contribution in [2.24, 2.45) is 0 Å². The minimum Gasteiger partial charge on any atom is -0.369 e. The number of carbonyl (C=O) groups excluding carboxylic acids is 1. The summed E-state index contributed by atoms with van der Waals surface area (Å²) in [7, 11) is 1.38. The normalized spacial score (nSPS) is 14.8. The quantitative estimate of drug-likeness (QED) is 0.879. The molecule has 0 aliphatic heterocycles. The van der Waals surface area contributed by atoms with E-state index < -0.39 is 23.2 Å². The summed E-state index contributed by atoms with van der Waals surface area (Å²) < 4.78 is 43.4. The number of hydrogen-bond donors (Lipinski definition) is 1. The molecule has 20 heavy (non-hydrogen) atoms. The maximum atomic E-state index is 12.7. The predicted octanol–water partition coefficient (Wildman–Crippen LogP) is 4.22. The highest BCUT2D eigenvalue weighted by atomic mass is 79.9. The molecule has 0 spiro atoms. The van der Waals surface area contributed by atoms with Crippen LogP contribution in [0.15, 0.2) is 22.7 Å². The van der Waals surface area contributed by atoms with Crippen LogP contribution in [0.3, 0.4) is 0 Å². The topological polar surface area (TPSA) is 38.3 Å². The van der Waals surface area contributed by atoms with Gasteiger partial charge in [-0.15, -0.1) is 0 Å². The second kappa shape index (κ2) is 6.13. The number of rotatable bonds is 4. The van der Waals surface area contributed by atoms with Gasteiger partial charge in [0.1, 0.15) is 5.60 Å². The van der Waals surface area contributed by atoms with Gasteiger partial charge in [-0.2, -0.15) is 13.2 Å². The van der Waals surface area contributed by atoms with Crippen molar-refractivity contribution in [2.45, 2.75) is 32.0 Å². The van der Waals surface area contributed by atoms with Crippen molar-refractivity contribution in [3.8, 4) is 0 Å². The molecule has 0 radical (unpaired) electrons. The maximum absolute atomic E-state index is 12.7. The zero-order valence-corrected chi connectivity index (χ0v) is 12.9. The molecule has 0 saturated heterocycles. The molecule has 0 fully saturated rings. The van der Waals surface area contributed by atoms with Crippen molar-refractivity contribution in [1.29, 1.82) is 0 Å². The molecule has 0 bridgehead atoms. The lowest BCUT2D eigenvalue weighted by Gasteiger charge is -2.25. The lowest BCUT2D eigenvalue weighted by Crippen LogP contribution is -2.41. The molecule has 112 valence electrons. The summed E-state index contributed by atoms with van der Waals surface area (Å²) in [5.41, 5.74) is -1.86. The third-order valence-electron chi connectivity index (χ3n) is 3.15. The van der Waals surface area contributed by atoms with Crippen LogP contribution in [0.25, 0.3) is 0 Å². The molecule has 1 atom stereocenters. The molecule has 1 aromatic carbocycles. The van der Waals surface area contributed by atoms with E-state index in [-0.39, 0.29) is 5.69 Å². The predicted molar refractivity (Wildman–Crippen MR) is 73.5 cm³/mol. The molecule has 0 aliphatic carbocycles. The fourth-order valence-corrected chi connectivity index (χ4v) is 1.80. The average Bonchev–Trinajstić information content (AvgIpc) is 2.38. The van der Waals surface area contributed by atoms with Crippen LogP contribution in [0.1, 0.15) is 25.8 Å². The van der Waals surface area contributed by atoms with E-state index in [1.165, 1.54) is 13.2 Å². The number of amides is 1.